The topological polar surface area (TPSA) is 138 Å². The SMILES string of the molecule is CC(C)=CCn1c(N2CCCC(N)C2)nc2c1c(=O)n(CCc1cccc(OCC(=O)O)c1)c(=O)n2C. The van der Waals surface area contributed by atoms with Crippen molar-refractivity contribution >= 4 is 23.1 Å². The van der Waals surface area contributed by atoms with Gasteiger partial charge in [-0.1, -0.05) is 23.8 Å². The third kappa shape index (κ3) is 5.77. The summed E-state index contributed by atoms with van der Waals surface area (Å²) >= 11 is 0. The van der Waals surface area contributed by atoms with Crippen molar-refractivity contribution < 1.29 is 14.6 Å². The maximum atomic E-state index is 13.7. The second kappa shape index (κ2) is 11.0. The predicted octanol–water partition coefficient (Wildman–Crippen LogP) is 1.50. The third-order valence-corrected chi connectivity index (χ3v) is 6.52. The van der Waals surface area contributed by atoms with Crippen molar-refractivity contribution in [2.75, 3.05) is 24.6 Å². The van der Waals surface area contributed by atoms with Crippen LogP contribution >= 0.6 is 0 Å². The Morgan fingerprint density at radius 3 is 2.76 bits per heavy atom. The fourth-order valence-corrected chi connectivity index (χ4v) is 4.61. The lowest BCUT2D eigenvalue weighted by Gasteiger charge is -2.31. The highest BCUT2D eigenvalue weighted by molar-refractivity contribution is 5.74. The van der Waals surface area contributed by atoms with Crippen molar-refractivity contribution in [2.45, 2.75) is 52.2 Å². The van der Waals surface area contributed by atoms with E-state index in [1.807, 2.05) is 30.6 Å². The number of hydrogen-bond acceptors (Lipinski definition) is 7. The van der Waals surface area contributed by atoms with Gasteiger partial charge in [0.15, 0.2) is 17.8 Å². The molecule has 1 unspecified atom stereocenters. The number of carboxylic acid groups (broad SMARTS) is 1. The standard InChI is InChI=1S/C26H34N6O5/c1-17(2)9-12-31-22-23(28-25(31)30-11-5-7-19(27)15-30)29(3)26(36)32(24(22)35)13-10-18-6-4-8-20(14-18)37-16-21(33)34/h4,6,8-9,14,19H,5,7,10-13,15-16,27H2,1-3H3,(H,33,34). The van der Waals surface area contributed by atoms with E-state index in [-0.39, 0.29) is 12.6 Å². The van der Waals surface area contributed by atoms with Crippen LogP contribution in [0.2, 0.25) is 0 Å². The molecule has 2 aromatic heterocycles. The number of hydrogen-bond donors (Lipinski definition) is 2. The van der Waals surface area contributed by atoms with Crippen LogP contribution in [0.3, 0.4) is 0 Å². The van der Waals surface area contributed by atoms with Gasteiger partial charge in [0.25, 0.3) is 5.56 Å². The molecule has 1 saturated heterocycles. The van der Waals surface area contributed by atoms with E-state index in [1.165, 1.54) is 9.13 Å². The first-order valence-corrected chi connectivity index (χ1v) is 12.4. The van der Waals surface area contributed by atoms with Crippen LogP contribution in [-0.2, 0) is 31.4 Å². The van der Waals surface area contributed by atoms with E-state index in [1.54, 1.807) is 25.2 Å². The van der Waals surface area contributed by atoms with Gasteiger partial charge in [-0.15, -0.1) is 0 Å². The van der Waals surface area contributed by atoms with Gasteiger partial charge in [0, 0.05) is 39.3 Å². The van der Waals surface area contributed by atoms with Gasteiger partial charge in [-0.05, 0) is 50.8 Å². The number of rotatable bonds is 9. The molecule has 1 aliphatic heterocycles. The smallest absolute Gasteiger partial charge is 0.341 e. The summed E-state index contributed by atoms with van der Waals surface area (Å²) in [4.78, 5) is 44.6. The van der Waals surface area contributed by atoms with Crippen molar-refractivity contribution in [3.8, 4) is 5.75 Å². The van der Waals surface area contributed by atoms with Crippen LogP contribution in [0.1, 0.15) is 32.3 Å². The van der Waals surface area contributed by atoms with Crippen molar-refractivity contribution in [2.24, 2.45) is 12.8 Å². The van der Waals surface area contributed by atoms with Gasteiger partial charge >= 0.3 is 11.7 Å². The number of anilines is 1. The molecule has 11 heteroatoms. The Bertz CT molecular complexity index is 1450. The first-order chi connectivity index (χ1) is 17.7. The molecule has 11 nitrogen and oxygen atoms in total. The number of nitrogens with zero attached hydrogens (tertiary/aromatic N) is 5. The minimum Gasteiger partial charge on any atom is -0.482 e. The summed E-state index contributed by atoms with van der Waals surface area (Å²) in [6.45, 7) is 5.59. The van der Waals surface area contributed by atoms with Gasteiger partial charge in [-0.25, -0.2) is 9.59 Å². The first kappa shape index (κ1) is 26.2. The fraction of sp³-hybridized carbons (Fsp3) is 0.462. The van der Waals surface area contributed by atoms with Crippen LogP contribution in [0.15, 0.2) is 45.5 Å². The molecule has 1 fully saturated rings. The van der Waals surface area contributed by atoms with Crippen LogP contribution in [-0.4, -0.2) is 55.5 Å². The maximum absolute atomic E-state index is 13.7. The second-order valence-corrected chi connectivity index (χ2v) is 9.70. The quantitative estimate of drug-likeness (QED) is 0.413. The lowest BCUT2D eigenvalue weighted by molar-refractivity contribution is -0.139. The van der Waals surface area contributed by atoms with E-state index in [0.717, 1.165) is 30.5 Å². The maximum Gasteiger partial charge on any atom is 0.341 e. The van der Waals surface area contributed by atoms with Gasteiger partial charge in [-0.2, -0.15) is 4.98 Å². The summed E-state index contributed by atoms with van der Waals surface area (Å²) in [5.41, 5.74) is 8.06. The lowest BCUT2D eigenvalue weighted by Crippen LogP contribution is -2.44. The molecule has 198 valence electrons. The Hall–Kier alpha value is -3.86. The average molecular weight is 511 g/mol. The number of ether oxygens (including phenoxy) is 1. The monoisotopic (exact) mass is 510 g/mol. The van der Waals surface area contributed by atoms with Gasteiger partial charge in [0.05, 0.1) is 0 Å². The molecule has 3 N–H and O–H groups in total. The highest BCUT2D eigenvalue weighted by Crippen LogP contribution is 2.23. The van der Waals surface area contributed by atoms with Crippen LogP contribution in [0, 0.1) is 0 Å². The van der Waals surface area contributed by atoms with E-state index in [9.17, 15) is 14.4 Å². The van der Waals surface area contributed by atoms with Crippen LogP contribution in [0.25, 0.3) is 11.2 Å². The highest BCUT2D eigenvalue weighted by Gasteiger charge is 2.26. The number of carboxylic acids is 1. The molecule has 0 saturated carbocycles. The second-order valence-electron chi connectivity index (χ2n) is 9.70. The molecular weight excluding hydrogens is 476 g/mol. The lowest BCUT2D eigenvalue weighted by atomic mass is 10.1. The Morgan fingerprint density at radius 1 is 1.27 bits per heavy atom. The molecule has 0 radical (unpaired) electrons. The third-order valence-electron chi connectivity index (χ3n) is 6.52. The first-order valence-electron chi connectivity index (χ1n) is 12.4. The molecule has 0 bridgehead atoms. The molecule has 3 heterocycles. The molecule has 0 amide bonds. The van der Waals surface area contributed by atoms with Crippen molar-refractivity contribution in [3.05, 3.63) is 62.3 Å². The number of aromatic nitrogens is 4. The summed E-state index contributed by atoms with van der Waals surface area (Å²) in [6.07, 6.45) is 4.30. The fourth-order valence-electron chi connectivity index (χ4n) is 4.61. The van der Waals surface area contributed by atoms with Crippen LogP contribution in [0.5, 0.6) is 5.75 Å². The summed E-state index contributed by atoms with van der Waals surface area (Å²) < 4.78 is 9.80. The molecule has 1 aromatic carbocycles. The van der Waals surface area contributed by atoms with Gasteiger partial charge in [-0.3, -0.25) is 13.9 Å². The highest BCUT2D eigenvalue weighted by atomic mass is 16.5. The van der Waals surface area contributed by atoms with Gasteiger partial charge in [0.1, 0.15) is 5.75 Å². The van der Waals surface area contributed by atoms with Crippen molar-refractivity contribution in [1.29, 1.82) is 0 Å². The Kier molecular flexibility index (Phi) is 7.82. The molecular formula is C26H34N6O5. The van der Waals surface area contributed by atoms with Crippen molar-refractivity contribution in [1.82, 2.24) is 18.7 Å². The molecule has 1 atom stereocenters. The van der Waals surface area contributed by atoms with E-state index < -0.39 is 23.8 Å². The van der Waals surface area contributed by atoms with E-state index in [0.29, 0.717) is 42.4 Å². The predicted molar refractivity (Wildman–Crippen MR) is 141 cm³/mol. The summed E-state index contributed by atoms with van der Waals surface area (Å²) in [7, 11) is 1.63. The van der Waals surface area contributed by atoms with Gasteiger partial charge in [0.2, 0.25) is 5.95 Å². The number of imidazole rings is 1. The normalized spacial score (nSPS) is 15.7. The number of piperidine rings is 1. The number of fused-ring (bicyclic) bond motifs is 1. The van der Waals surface area contributed by atoms with E-state index in [4.69, 9.17) is 20.6 Å². The number of nitrogens with two attached hydrogens (primary N) is 1. The molecule has 3 aromatic rings. The summed E-state index contributed by atoms with van der Waals surface area (Å²) in [5.74, 6) is -0.0000501. The minimum atomic E-state index is -1.07. The minimum absolute atomic E-state index is 0.0289. The number of allylic oxidation sites excluding steroid dienone is 2. The Morgan fingerprint density at radius 2 is 2.05 bits per heavy atom. The summed E-state index contributed by atoms with van der Waals surface area (Å²) in [6, 6.07) is 7.01. The zero-order valence-electron chi connectivity index (χ0n) is 21.5. The van der Waals surface area contributed by atoms with E-state index in [2.05, 4.69) is 4.90 Å². The molecule has 0 aliphatic carbocycles. The largest absolute Gasteiger partial charge is 0.482 e. The van der Waals surface area contributed by atoms with Crippen LogP contribution < -0.4 is 26.6 Å². The number of aliphatic carboxylic acids is 1. The number of carbonyl (C=O) groups is 1. The zero-order valence-corrected chi connectivity index (χ0v) is 21.5. The Labute approximate surface area is 214 Å². The number of aryl methyl sites for hydroxylation is 2. The summed E-state index contributed by atoms with van der Waals surface area (Å²) in [5, 5.41) is 8.84. The molecule has 4 rings (SSSR count). The van der Waals surface area contributed by atoms with Crippen LogP contribution in [0.4, 0.5) is 5.95 Å². The van der Waals surface area contributed by atoms with Crippen molar-refractivity contribution in [3.63, 3.8) is 0 Å². The Balaban J connectivity index is 1.74. The molecule has 1 aliphatic rings. The number of benzene rings is 1. The van der Waals surface area contributed by atoms with E-state index >= 15 is 0 Å². The average Bonchev–Trinajstić information content (AvgIpc) is 3.25. The van der Waals surface area contributed by atoms with Gasteiger partial charge < -0.3 is 25.0 Å². The zero-order chi connectivity index (χ0) is 26.7. The molecule has 0 spiro atoms. The molecule has 37 heavy (non-hydrogen) atoms.